The maximum atomic E-state index is 12.0. The summed E-state index contributed by atoms with van der Waals surface area (Å²) in [5, 5.41) is 3.62. The Hall–Kier alpha value is -2.83. The van der Waals surface area contributed by atoms with Gasteiger partial charge in [-0.05, 0) is 30.4 Å². The number of rotatable bonds is 9. The number of benzene rings is 1. The van der Waals surface area contributed by atoms with Crippen LogP contribution in [0.4, 0.5) is 0 Å². The Morgan fingerprint density at radius 3 is 2.63 bits per heavy atom. The number of methoxy groups -OCH3 is 1. The maximum absolute atomic E-state index is 12.0. The predicted octanol–water partition coefficient (Wildman–Crippen LogP) is 2.35. The quantitative estimate of drug-likeness (QED) is 0.657. The summed E-state index contributed by atoms with van der Waals surface area (Å²) in [6.07, 6.45) is 3.01. The van der Waals surface area contributed by atoms with Crippen LogP contribution < -0.4 is 5.32 Å². The Labute approximate surface area is 158 Å². The maximum Gasteiger partial charge on any atom is 0.328 e. The van der Waals surface area contributed by atoms with Crippen LogP contribution in [0.3, 0.4) is 0 Å². The van der Waals surface area contributed by atoms with E-state index >= 15 is 0 Å². The SMILES string of the molecule is COC(=O)[C@@H](CC(C)C)NC(=O)COC(=O)CCc1c[nH]c2ccccc12. The predicted molar refractivity (Wildman–Crippen MR) is 101 cm³/mol. The number of nitrogens with one attached hydrogen (secondary N) is 2. The number of carbonyl (C=O) groups excluding carboxylic acids is 3. The van der Waals surface area contributed by atoms with E-state index in [0.717, 1.165) is 16.5 Å². The fourth-order valence-electron chi connectivity index (χ4n) is 2.86. The zero-order valence-electron chi connectivity index (χ0n) is 15.9. The molecular formula is C20H26N2O5. The summed E-state index contributed by atoms with van der Waals surface area (Å²) >= 11 is 0. The molecule has 0 fully saturated rings. The number of para-hydroxylation sites is 1. The normalized spacial score (nSPS) is 12.0. The highest BCUT2D eigenvalue weighted by atomic mass is 16.5. The van der Waals surface area contributed by atoms with Gasteiger partial charge in [0, 0.05) is 23.5 Å². The van der Waals surface area contributed by atoms with Crippen molar-refractivity contribution in [3.63, 3.8) is 0 Å². The number of aryl methyl sites for hydroxylation is 1. The highest BCUT2D eigenvalue weighted by Crippen LogP contribution is 2.19. The molecule has 0 aliphatic heterocycles. The van der Waals surface area contributed by atoms with Crippen molar-refractivity contribution in [3.05, 3.63) is 36.0 Å². The number of fused-ring (bicyclic) bond motifs is 1. The average molecular weight is 374 g/mol. The first-order chi connectivity index (χ1) is 12.9. The van der Waals surface area contributed by atoms with Crippen LogP contribution in [0.5, 0.6) is 0 Å². The number of carbonyl (C=O) groups is 3. The fraction of sp³-hybridized carbons (Fsp3) is 0.450. The second-order valence-corrected chi connectivity index (χ2v) is 6.79. The monoisotopic (exact) mass is 374 g/mol. The molecule has 7 nitrogen and oxygen atoms in total. The summed E-state index contributed by atoms with van der Waals surface area (Å²) in [5.74, 6) is -1.30. The van der Waals surface area contributed by atoms with Gasteiger partial charge in [0.15, 0.2) is 6.61 Å². The minimum Gasteiger partial charge on any atom is -0.467 e. The molecule has 2 N–H and O–H groups in total. The second kappa shape index (κ2) is 9.75. The highest BCUT2D eigenvalue weighted by Gasteiger charge is 2.23. The number of H-pyrrole nitrogens is 1. The first-order valence-electron chi connectivity index (χ1n) is 8.98. The summed E-state index contributed by atoms with van der Waals surface area (Å²) < 4.78 is 9.71. The number of aromatic amines is 1. The summed E-state index contributed by atoms with van der Waals surface area (Å²) in [4.78, 5) is 38.8. The second-order valence-electron chi connectivity index (χ2n) is 6.79. The van der Waals surface area contributed by atoms with Crippen LogP contribution in [-0.2, 0) is 30.3 Å². The Morgan fingerprint density at radius 2 is 1.93 bits per heavy atom. The van der Waals surface area contributed by atoms with Crippen LogP contribution in [0.25, 0.3) is 10.9 Å². The van der Waals surface area contributed by atoms with Crippen LogP contribution in [0.1, 0.15) is 32.3 Å². The number of amides is 1. The van der Waals surface area contributed by atoms with Gasteiger partial charge in [0.2, 0.25) is 0 Å². The van der Waals surface area contributed by atoms with Crippen LogP contribution in [0, 0.1) is 5.92 Å². The molecule has 0 spiro atoms. The number of hydrogen-bond donors (Lipinski definition) is 2. The first kappa shape index (κ1) is 20.5. The molecule has 0 radical (unpaired) electrons. The van der Waals surface area contributed by atoms with Gasteiger partial charge in [-0.25, -0.2) is 4.79 Å². The van der Waals surface area contributed by atoms with Crippen molar-refractivity contribution in [1.82, 2.24) is 10.3 Å². The number of esters is 2. The molecule has 0 saturated carbocycles. The lowest BCUT2D eigenvalue weighted by atomic mass is 10.0. The summed E-state index contributed by atoms with van der Waals surface area (Å²) in [7, 11) is 1.27. The lowest BCUT2D eigenvalue weighted by Gasteiger charge is -2.18. The average Bonchev–Trinajstić information content (AvgIpc) is 3.06. The van der Waals surface area contributed by atoms with E-state index in [0.29, 0.717) is 12.8 Å². The van der Waals surface area contributed by atoms with Crippen molar-refractivity contribution < 1.29 is 23.9 Å². The molecule has 7 heteroatoms. The van der Waals surface area contributed by atoms with Crippen LogP contribution in [0.15, 0.2) is 30.5 Å². The van der Waals surface area contributed by atoms with Crippen molar-refractivity contribution >= 4 is 28.7 Å². The minimum absolute atomic E-state index is 0.168. The molecular weight excluding hydrogens is 348 g/mol. The molecule has 1 aromatic carbocycles. The molecule has 0 unspecified atom stereocenters. The summed E-state index contributed by atoms with van der Waals surface area (Å²) in [6.45, 7) is 3.46. The number of aromatic nitrogens is 1. The summed E-state index contributed by atoms with van der Waals surface area (Å²) in [6, 6.07) is 7.10. The topological polar surface area (TPSA) is 97.5 Å². The van der Waals surface area contributed by atoms with Gasteiger partial charge in [0.1, 0.15) is 6.04 Å². The molecule has 146 valence electrons. The molecule has 1 amide bonds. The van der Waals surface area contributed by atoms with E-state index in [1.165, 1.54) is 7.11 Å². The van der Waals surface area contributed by atoms with Gasteiger partial charge in [-0.15, -0.1) is 0 Å². The van der Waals surface area contributed by atoms with E-state index in [2.05, 4.69) is 10.3 Å². The third-order valence-electron chi connectivity index (χ3n) is 4.17. The van der Waals surface area contributed by atoms with Gasteiger partial charge in [0.25, 0.3) is 5.91 Å². The van der Waals surface area contributed by atoms with E-state index in [1.807, 2.05) is 44.3 Å². The highest BCUT2D eigenvalue weighted by molar-refractivity contribution is 5.86. The van der Waals surface area contributed by atoms with Crippen LogP contribution in [-0.4, -0.2) is 42.6 Å². The van der Waals surface area contributed by atoms with Crippen LogP contribution >= 0.6 is 0 Å². The molecule has 2 aromatic rings. The molecule has 0 saturated heterocycles. The Morgan fingerprint density at radius 1 is 1.19 bits per heavy atom. The zero-order valence-corrected chi connectivity index (χ0v) is 15.9. The van der Waals surface area contributed by atoms with Crippen molar-refractivity contribution in [3.8, 4) is 0 Å². The number of hydrogen-bond acceptors (Lipinski definition) is 5. The van der Waals surface area contributed by atoms with Gasteiger partial charge in [-0.2, -0.15) is 0 Å². The van der Waals surface area contributed by atoms with Crippen molar-refractivity contribution in [2.75, 3.05) is 13.7 Å². The Bertz CT molecular complexity index is 797. The van der Waals surface area contributed by atoms with Gasteiger partial charge >= 0.3 is 11.9 Å². The Kier molecular flexibility index (Phi) is 7.40. The van der Waals surface area contributed by atoms with E-state index in [1.54, 1.807) is 0 Å². The van der Waals surface area contributed by atoms with Crippen molar-refractivity contribution in [1.29, 1.82) is 0 Å². The van der Waals surface area contributed by atoms with E-state index in [4.69, 9.17) is 9.47 Å². The standard InChI is InChI=1S/C20H26N2O5/c1-13(2)10-17(20(25)26-3)22-18(23)12-27-19(24)9-8-14-11-21-16-7-5-4-6-15(14)16/h4-7,11,13,17,21H,8-10,12H2,1-3H3,(H,22,23)/t17-/m1/s1. The van der Waals surface area contributed by atoms with E-state index in [-0.39, 0.29) is 12.3 Å². The lowest BCUT2D eigenvalue weighted by molar-refractivity contribution is -0.150. The smallest absolute Gasteiger partial charge is 0.328 e. The van der Waals surface area contributed by atoms with Crippen molar-refractivity contribution in [2.45, 2.75) is 39.2 Å². The molecule has 1 aromatic heterocycles. The largest absolute Gasteiger partial charge is 0.467 e. The van der Waals surface area contributed by atoms with E-state index < -0.39 is 30.5 Å². The van der Waals surface area contributed by atoms with E-state index in [9.17, 15) is 14.4 Å². The van der Waals surface area contributed by atoms with Gasteiger partial charge < -0.3 is 19.8 Å². The first-order valence-corrected chi connectivity index (χ1v) is 8.98. The van der Waals surface area contributed by atoms with Gasteiger partial charge in [-0.1, -0.05) is 32.0 Å². The third-order valence-corrected chi connectivity index (χ3v) is 4.17. The molecule has 0 aliphatic carbocycles. The summed E-state index contributed by atoms with van der Waals surface area (Å²) in [5.41, 5.74) is 2.04. The van der Waals surface area contributed by atoms with Gasteiger partial charge in [0.05, 0.1) is 7.11 Å². The molecule has 27 heavy (non-hydrogen) atoms. The number of ether oxygens (including phenoxy) is 2. The minimum atomic E-state index is -0.743. The molecule has 0 aliphatic rings. The fourth-order valence-corrected chi connectivity index (χ4v) is 2.86. The van der Waals surface area contributed by atoms with Gasteiger partial charge in [-0.3, -0.25) is 9.59 Å². The Balaban J connectivity index is 1.78. The molecule has 1 heterocycles. The molecule has 0 bridgehead atoms. The molecule has 1 atom stereocenters. The third kappa shape index (κ3) is 6.13. The lowest BCUT2D eigenvalue weighted by Crippen LogP contribution is -2.44. The zero-order chi connectivity index (χ0) is 19.8. The van der Waals surface area contributed by atoms with Crippen LogP contribution in [0.2, 0.25) is 0 Å². The van der Waals surface area contributed by atoms with Crippen molar-refractivity contribution in [2.24, 2.45) is 5.92 Å². The molecule has 2 rings (SSSR count).